The van der Waals surface area contributed by atoms with Gasteiger partial charge in [-0.25, -0.2) is 9.48 Å². The van der Waals surface area contributed by atoms with Gasteiger partial charge in [0.25, 0.3) is 11.5 Å². The van der Waals surface area contributed by atoms with Crippen molar-refractivity contribution in [1.29, 1.82) is 0 Å². The minimum atomic E-state index is -0.695. The first-order chi connectivity index (χ1) is 12.9. The van der Waals surface area contributed by atoms with E-state index in [-0.39, 0.29) is 23.8 Å². The summed E-state index contributed by atoms with van der Waals surface area (Å²) in [5, 5.41) is 4.98. The average molecular weight is 371 g/mol. The molecule has 0 N–H and O–H groups in total. The lowest BCUT2D eigenvalue weighted by Gasteiger charge is -2.34. The minimum absolute atomic E-state index is 0.0558. The molecule has 0 unspecified atom stereocenters. The second-order valence-corrected chi connectivity index (χ2v) is 7.34. The molecule has 1 saturated heterocycles. The van der Waals surface area contributed by atoms with Gasteiger partial charge in [-0.05, 0) is 31.2 Å². The number of carbonyl (C=O) groups is 2. The number of aryl methyl sites for hydroxylation is 1. The Morgan fingerprint density at radius 3 is 2.41 bits per heavy atom. The molecule has 0 aliphatic carbocycles. The fourth-order valence-electron chi connectivity index (χ4n) is 3.75. The van der Waals surface area contributed by atoms with E-state index in [2.05, 4.69) is 18.9 Å². The first-order valence-electron chi connectivity index (χ1n) is 9.35. The molecule has 2 aromatic rings. The molecule has 144 valence electrons. The number of hydrogen-bond acceptors (Lipinski definition) is 5. The van der Waals surface area contributed by atoms with Crippen LogP contribution in [0.25, 0.3) is 10.8 Å². The van der Waals surface area contributed by atoms with Crippen LogP contribution >= 0.6 is 0 Å². The number of carbonyl (C=O) groups excluding carboxylic acids is 2. The number of amides is 1. The van der Waals surface area contributed by atoms with Crippen LogP contribution in [0.5, 0.6) is 0 Å². The van der Waals surface area contributed by atoms with Crippen LogP contribution in [0.2, 0.25) is 0 Å². The van der Waals surface area contributed by atoms with Crippen LogP contribution in [-0.4, -0.2) is 46.3 Å². The highest BCUT2D eigenvalue weighted by atomic mass is 16.5. The number of nitrogens with zero attached hydrogens (tertiary/aromatic N) is 3. The van der Waals surface area contributed by atoms with Crippen LogP contribution in [0.15, 0.2) is 29.1 Å². The van der Waals surface area contributed by atoms with Gasteiger partial charge in [-0.3, -0.25) is 9.59 Å². The van der Waals surface area contributed by atoms with E-state index in [4.69, 9.17) is 4.74 Å². The highest BCUT2D eigenvalue weighted by Crippen LogP contribution is 2.21. The summed E-state index contributed by atoms with van der Waals surface area (Å²) >= 11 is 0. The van der Waals surface area contributed by atoms with Crippen molar-refractivity contribution in [3.05, 3.63) is 40.3 Å². The van der Waals surface area contributed by atoms with Crippen molar-refractivity contribution in [2.75, 3.05) is 19.7 Å². The summed E-state index contributed by atoms with van der Waals surface area (Å²) in [6.45, 7) is 7.40. The Morgan fingerprint density at radius 2 is 1.78 bits per heavy atom. The highest BCUT2D eigenvalue weighted by Gasteiger charge is 2.26. The Hall–Kier alpha value is -2.70. The monoisotopic (exact) mass is 371 g/mol. The van der Waals surface area contributed by atoms with Crippen molar-refractivity contribution in [1.82, 2.24) is 14.7 Å². The van der Waals surface area contributed by atoms with Gasteiger partial charge in [-0.15, -0.1) is 0 Å². The van der Waals surface area contributed by atoms with E-state index in [0.29, 0.717) is 42.2 Å². The number of rotatable bonds is 4. The maximum absolute atomic E-state index is 12.6. The predicted molar refractivity (Wildman–Crippen MR) is 101 cm³/mol. The van der Waals surface area contributed by atoms with Gasteiger partial charge in [0.2, 0.25) is 0 Å². The lowest BCUT2D eigenvalue weighted by Crippen LogP contribution is -2.44. The molecule has 2 atom stereocenters. The third-order valence-corrected chi connectivity index (χ3v) is 4.91. The van der Waals surface area contributed by atoms with Gasteiger partial charge in [-0.1, -0.05) is 32.0 Å². The van der Waals surface area contributed by atoms with Crippen molar-refractivity contribution in [3.63, 3.8) is 0 Å². The molecule has 3 rings (SSSR count). The van der Waals surface area contributed by atoms with Crippen molar-refractivity contribution in [2.45, 2.75) is 33.7 Å². The zero-order valence-electron chi connectivity index (χ0n) is 16.0. The molecular weight excluding hydrogens is 346 g/mol. The van der Waals surface area contributed by atoms with Gasteiger partial charge < -0.3 is 9.64 Å². The molecule has 27 heavy (non-hydrogen) atoms. The fraction of sp³-hybridized carbons (Fsp3) is 0.500. The molecular formula is C20H25N3O4. The third kappa shape index (κ3) is 4.02. The zero-order valence-corrected chi connectivity index (χ0v) is 16.0. The van der Waals surface area contributed by atoms with Gasteiger partial charge in [0.05, 0.1) is 5.39 Å². The van der Waals surface area contributed by atoms with Crippen LogP contribution in [-0.2, 0) is 16.1 Å². The van der Waals surface area contributed by atoms with E-state index in [1.54, 1.807) is 36.1 Å². The molecule has 0 saturated carbocycles. The lowest BCUT2D eigenvalue weighted by atomic mass is 9.92. The van der Waals surface area contributed by atoms with Crippen LogP contribution in [0.1, 0.15) is 37.7 Å². The van der Waals surface area contributed by atoms with Gasteiger partial charge in [0.1, 0.15) is 0 Å². The Kier molecular flexibility index (Phi) is 5.58. The summed E-state index contributed by atoms with van der Waals surface area (Å²) in [7, 11) is 0. The smallest absolute Gasteiger partial charge is 0.359 e. The molecule has 1 fully saturated rings. The second kappa shape index (κ2) is 7.90. The topological polar surface area (TPSA) is 81.5 Å². The van der Waals surface area contributed by atoms with Gasteiger partial charge in [-0.2, -0.15) is 5.10 Å². The number of ether oxygens (including phenoxy) is 1. The number of esters is 1. The third-order valence-electron chi connectivity index (χ3n) is 4.91. The standard InChI is InChI=1S/C20H25N3O4/c1-4-23-19(25)16-8-6-5-7-15(16)18(21-23)20(26)27-12-17(24)22-10-13(2)9-14(3)11-22/h5-8,13-14H,4,9-12H2,1-3H3/t13-,14-/m1/s1. The largest absolute Gasteiger partial charge is 0.451 e. The summed E-state index contributed by atoms with van der Waals surface area (Å²) in [5.41, 5.74) is -0.197. The Bertz CT molecular complexity index is 911. The summed E-state index contributed by atoms with van der Waals surface area (Å²) in [6, 6.07) is 6.79. The Morgan fingerprint density at radius 1 is 1.15 bits per heavy atom. The maximum atomic E-state index is 12.6. The zero-order chi connectivity index (χ0) is 19.6. The number of fused-ring (bicyclic) bond motifs is 1. The number of aromatic nitrogens is 2. The normalized spacial score (nSPS) is 19.9. The molecule has 1 aromatic carbocycles. The molecule has 0 spiro atoms. The molecule has 2 heterocycles. The molecule has 0 radical (unpaired) electrons. The van der Waals surface area contributed by atoms with Crippen molar-refractivity contribution < 1.29 is 14.3 Å². The maximum Gasteiger partial charge on any atom is 0.359 e. The summed E-state index contributed by atoms with van der Waals surface area (Å²) in [6.07, 6.45) is 1.10. The predicted octanol–water partition coefficient (Wildman–Crippen LogP) is 2.08. The van der Waals surface area contributed by atoms with Crippen LogP contribution in [0.4, 0.5) is 0 Å². The van der Waals surface area contributed by atoms with E-state index in [0.717, 1.165) is 6.42 Å². The van der Waals surface area contributed by atoms with E-state index in [1.807, 2.05) is 0 Å². The van der Waals surface area contributed by atoms with E-state index in [1.165, 1.54) is 4.68 Å². The molecule has 0 bridgehead atoms. The average Bonchev–Trinajstić information content (AvgIpc) is 2.65. The van der Waals surface area contributed by atoms with Crippen molar-refractivity contribution in [3.8, 4) is 0 Å². The minimum Gasteiger partial charge on any atom is -0.451 e. The van der Waals surface area contributed by atoms with E-state index < -0.39 is 5.97 Å². The number of hydrogen-bond donors (Lipinski definition) is 0. The van der Waals surface area contributed by atoms with Gasteiger partial charge in [0, 0.05) is 25.0 Å². The fourth-order valence-corrected chi connectivity index (χ4v) is 3.75. The molecule has 1 aliphatic rings. The molecule has 1 amide bonds. The first kappa shape index (κ1) is 19.1. The van der Waals surface area contributed by atoms with Crippen molar-refractivity contribution in [2.24, 2.45) is 11.8 Å². The first-order valence-corrected chi connectivity index (χ1v) is 9.35. The summed E-state index contributed by atoms with van der Waals surface area (Å²) < 4.78 is 6.48. The molecule has 7 nitrogen and oxygen atoms in total. The molecule has 1 aliphatic heterocycles. The summed E-state index contributed by atoms with van der Waals surface area (Å²) in [5.74, 6) is -0.0195. The van der Waals surface area contributed by atoms with Crippen LogP contribution < -0.4 is 5.56 Å². The van der Waals surface area contributed by atoms with Gasteiger partial charge in [0.15, 0.2) is 12.3 Å². The number of likely N-dealkylation sites (tertiary alicyclic amines) is 1. The van der Waals surface area contributed by atoms with Crippen LogP contribution in [0, 0.1) is 11.8 Å². The van der Waals surface area contributed by atoms with Crippen LogP contribution in [0.3, 0.4) is 0 Å². The lowest BCUT2D eigenvalue weighted by molar-refractivity contribution is -0.137. The number of benzene rings is 1. The molecule has 7 heteroatoms. The SMILES string of the molecule is CCn1nc(C(=O)OCC(=O)N2C[C@H](C)C[C@@H](C)C2)c2ccccc2c1=O. The van der Waals surface area contributed by atoms with Gasteiger partial charge >= 0.3 is 5.97 Å². The Labute approximate surface area is 157 Å². The second-order valence-electron chi connectivity index (χ2n) is 7.34. The van der Waals surface area contributed by atoms with E-state index >= 15 is 0 Å². The summed E-state index contributed by atoms with van der Waals surface area (Å²) in [4.78, 5) is 39.1. The number of piperidine rings is 1. The van der Waals surface area contributed by atoms with E-state index in [9.17, 15) is 14.4 Å². The molecule has 1 aromatic heterocycles. The highest BCUT2D eigenvalue weighted by molar-refractivity contribution is 6.02. The van der Waals surface area contributed by atoms with Crippen molar-refractivity contribution >= 4 is 22.6 Å². The quantitative estimate of drug-likeness (QED) is 0.769. The Balaban J connectivity index is 1.78.